The number of rotatable bonds is 9. The molecule has 0 aliphatic carbocycles. The first-order chi connectivity index (χ1) is 13.6. The number of nitrogens with zero attached hydrogens (tertiary/aromatic N) is 2. The number of nitrogens with one attached hydrogen (secondary N) is 2. The SMILES string of the molecule is COc1ccc(OCCNc2nccc(Nc3cccc(C(C)=O)c3)n2)cc1. The smallest absolute Gasteiger partial charge is 0.224 e. The molecule has 144 valence electrons. The van der Waals surface area contributed by atoms with Crippen LogP contribution in [0.1, 0.15) is 17.3 Å². The van der Waals surface area contributed by atoms with E-state index in [1.165, 1.54) is 0 Å². The van der Waals surface area contributed by atoms with Crippen molar-refractivity contribution in [2.24, 2.45) is 0 Å². The summed E-state index contributed by atoms with van der Waals surface area (Å²) in [5.74, 6) is 2.70. The van der Waals surface area contributed by atoms with Crippen molar-refractivity contribution in [3.05, 3.63) is 66.4 Å². The Morgan fingerprint density at radius 2 is 1.86 bits per heavy atom. The third-order valence-corrected chi connectivity index (χ3v) is 3.91. The van der Waals surface area contributed by atoms with Crippen LogP contribution < -0.4 is 20.1 Å². The van der Waals surface area contributed by atoms with Crippen molar-refractivity contribution in [2.45, 2.75) is 6.92 Å². The molecule has 1 heterocycles. The lowest BCUT2D eigenvalue weighted by Gasteiger charge is -2.10. The molecule has 7 nitrogen and oxygen atoms in total. The van der Waals surface area contributed by atoms with Gasteiger partial charge in [0, 0.05) is 17.4 Å². The van der Waals surface area contributed by atoms with Gasteiger partial charge in [0.1, 0.15) is 23.9 Å². The molecule has 28 heavy (non-hydrogen) atoms. The van der Waals surface area contributed by atoms with Gasteiger partial charge in [0.2, 0.25) is 5.95 Å². The molecular weight excluding hydrogens is 356 g/mol. The van der Waals surface area contributed by atoms with Crippen LogP contribution in [0.5, 0.6) is 11.5 Å². The molecule has 0 unspecified atom stereocenters. The normalized spacial score (nSPS) is 10.2. The fourth-order valence-corrected chi connectivity index (χ4v) is 2.48. The second kappa shape index (κ2) is 9.36. The highest BCUT2D eigenvalue weighted by atomic mass is 16.5. The molecular formula is C21H22N4O3. The van der Waals surface area contributed by atoms with Crippen molar-refractivity contribution in [3.8, 4) is 11.5 Å². The van der Waals surface area contributed by atoms with Gasteiger partial charge >= 0.3 is 0 Å². The summed E-state index contributed by atoms with van der Waals surface area (Å²) < 4.78 is 10.8. The van der Waals surface area contributed by atoms with E-state index < -0.39 is 0 Å². The van der Waals surface area contributed by atoms with Crippen LogP contribution in [-0.2, 0) is 0 Å². The number of carbonyl (C=O) groups is 1. The zero-order valence-corrected chi connectivity index (χ0v) is 15.8. The lowest BCUT2D eigenvalue weighted by atomic mass is 10.1. The molecule has 3 aromatic rings. The number of carbonyl (C=O) groups excluding carboxylic acids is 1. The molecule has 3 rings (SSSR count). The summed E-state index contributed by atoms with van der Waals surface area (Å²) in [5.41, 5.74) is 1.44. The van der Waals surface area contributed by atoms with E-state index >= 15 is 0 Å². The van der Waals surface area contributed by atoms with E-state index in [1.54, 1.807) is 38.4 Å². The summed E-state index contributed by atoms with van der Waals surface area (Å²) in [6.07, 6.45) is 1.66. The first-order valence-corrected chi connectivity index (χ1v) is 8.86. The zero-order valence-electron chi connectivity index (χ0n) is 15.8. The number of ketones is 1. The fraction of sp³-hybridized carbons (Fsp3) is 0.190. The van der Waals surface area contributed by atoms with Crippen LogP contribution >= 0.6 is 0 Å². The molecule has 0 aliphatic rings. The van der Waals surface area contributed by atoms with E-state index in [0.717, 1.165) is 17.2 Å². The summed E-state index contributed by atoms with van der Waals surface area (Å²) in [5, 5.41) is 6.31. The molecule has 0 bridgehead atoms. The maximum Gasteiger partial charge on any atom is 0.224 e. The summed E-state index contributed by atoms with van der Waals surface area (Å²) in [6, 6.07) is 16.5. The number of benzene rings is 2. The molecule has 0 atom stereocenters. The molecule has 0 spiro atoms. The number of anilines is 3. The number of methoxy groups -OCH3 is 1. The molecule has 0 saturated carbocycles. The predicted octanol–water partition coefficient (Wildman–Crippen LogP) is 3.92. The Kier molecular flexibility index (Phi) is 6.41. The van der Waals surface area contributed by atoms with Crippen LogP contribution in [0.25, 0.3) is 0 Å². The van der Waals surface area contributed by atoms with E-state index in [4.69, 9.17) is 9.47 Å². The molecule has 2 N–H and O–H groups in total. The van der Waals surface area contributed by atoms with Crippen molar-refractivity contribution < 1.29 is 14.3 Å². The highest BCUT2D eigenvalue weighted by Gasteiger charge is 2.03. The van der Waals surface area contributed by atoms with Crippen LogP contribution in [-0.4, -0.2) is 36.0 Å². The Labute approximate surface area is 163 Å². The molecule has 7 heteroatoms. The summed E-state index contributed by atoms with van der Waals surface area (Å²) in [4.78, 5) is 20.1. The number of hydrogen-bond acceptors (Lipinski definition) is 7. The lowest BCUT2D eigenvalue weighted by Crippen LogP contribution is -2.13. The van der Waals surface area contributed by atoms with Gasteiger partial charge < -0.3 is 20.1 Å². The standard InChI is InChI=1S/C21H22N4O3/c1-15(26)16-4-3-5-17(14-16)24-20-10-11-22-21(25-20)23-12-13-28-19-8-6-18(27-2)7-9-19/h3-11,14H,12-13H2,1-2H3,(H2,22,23,24,25). The van der Waals surface area contributed by atoms with Gasteiger partial charge in [-0.2, -0.15) is 4.98 Å². The van der Waals surface area contributed by atoms with Crippen molar-refractivity contribution in [3.63, 3.8) is 0 Å². The molecule has 0 fully saturated rings. The van der Waals surface area contributed by atoms with Crippen LogP contribution in [0.15, 0.2) is 60.8 Å². The van der Waals surface area contributed by atoms with Crippen LogP contribution in [0.2, 0.25) is 0 Å². The van der Waals surface area contributed by atoms with Gasteiger partial charge in [0.05, 0.1) is 13.7 Å². The van der Waals surface area contributed by atoms with Gasteiger partial charge in [-0.05, 0) is 49.4 Å². The van der Waals surface area contributed by atoms with E-state index in [2.05, 4.69) is 20.6 Å². The van der Waals surface area contributed by atoms with E-state index in [9.17, 15) is 4.79 Å². The maximum atomic E-state index is 11.5. The molecule has 0 saturated heterocycles. The lowest BCUT2D eigenvalue weighted by molar-refractivity contribution is 0.101. The minimum absolute atomic E-state index is 0.0190. The Hall–Kier alpha value is -3.61. The number of Topliss-reactive ketones (excluding diaryl/α,β-unsaturated/α-hetero) is 1. The first kappa shape index (κ1) is 19.2. The molecule has 2 aromatic carbocycles. The average Bonchev–Trinajstić information content (AvgIpc) is 2.72. The van der Waals surface area contributed by atoms with Crippen LogP contribution in [0.4, 0.5) is 17.5 Å². The van der Waals surface area contributed by atoms with Crippen molar-refractivity contribution in [1.82, 2.24) is 9.97 Å². The van der Waals surface area contributed by atoms with Crippen LogP contribution in [0, 0.1) is 0 Å². The maximum absolute atomic E-state index is 11.5. The molecule has 0 aliphatic heterocycles. The molecule has 0 amide bonds. The van der Waals surface area contributed by atoms with Gasteiger partial charge in [-0.25, -0.2) is 4.98 Å². The Morgan fingerprint density at radius 1 is 1.07 bits per heavy atom. The molecule has 1 aromatic heterocycles. The third kappa shape index (κ3) is 5.44. The third-order valence-electron chi connectivity index (χ3n) is 3.91. The molecule has 0 radical (unpaired) electrons. The summed E-state index contributed by atoms with van der Waals surface area (Å²) >= 11 is 0. The Morgan fingerprint density at radius 3 is 2.61 bits per heavy atom. The Bertz CT molecular complexity index is 929. The largest absolute Gasteiger partial charge is 0.497 e. The second-order valence-corrected chi connectivity index (χ2v) is 5.98. The van der Waals surface area contributed by atoms with Crippen molar-refractivity contribution >= 4 is 23.2 Å². The number of ether oxygens (including phenoxy) is 2. The Balaban J connectivity index is 1.51. The van der Waals surface area contributed by atoms with E-state index in [0.29, 0.717) is 30.5 Å². The summed E-state index contributed by atoms with van der Waals surface area (Å²) in [7, 11) is 1.63. The van der Waals surface area contributed by atoms with Gasteiger partial charge in [0.15, 0.2) is 5.78 Å². The van der Waals surface area contributed by atoms with Gasteiger partial charge in [-0.1, -0.05) is 12.1 Å². The van der Waals surface area contributed by atoms with Crippen molar-refractivity contribution in [1.29, 1.82) is 0 Å². The monoisotopic (exact) mass is 378 g/mol. The topological polar surface area (TPSA) is 85.4 Å². The van der Waals surface area contributed by atoms with Crippen molar-refractivity contribution in [2.75, 3.05) is 30.9 Å². The zero-order chi connectivity index (χ0) is 19.8. The number of hydrogen-bond donors (Lipinski definition) is 2. The van der Waals surface area contributed by atoms with Gasteiger partial charge in [0.25, 0.3) is 0 Å². The minimum atomic E-state index is 0.0190. The van der Waals surface area contributed by atoms with Gasteiger partial charge in [-0.3, -0.25) is 4.79 Å². The highest BCUT2D eigenvalue weighted by molar-refractivity contribution is 5.95. The average molecular weight is 378 g/mol. The van der Waals surface area contributed by atoms with E-state index in [1.807, 2.05) is 36.4 Å². The predicted molar refractivity (Wildman–Crippen MR) is 109 cm³/mol. The summed E-state index contributed by atoms with van der Waals surface area (Å²) in [6.45, 7) is 2.56. The van der Waals surface area contributed by atoms with E-state index in [-0.39, 0.29) is 5.78 Å². The quantitative estimate of drug-likeness (QED) is 0.431. The first-order valence-electron chi connectivity index (χ1n) is 8.86. The highest BCUT2D eigenvalue weighted by Crippen LogP contribution is 2.18. The van der Waals surface area contributed by atoms with Crippen LogP contribution in [0.3, 0.4) is 0 Å². The minimum Gasteiger partial charge on any atom is -0.497 e. The van der Waals surface area contributed by atoms with Gasteiger partial charge in [-0.15, -0.1) is 0 Å². The fourth-order valence-electron chi connectivity index (χ4n) is 2.48. The number of aromatic nitrogens is 2. The second-order valence-electron chi connectivity index (χ2n) is 5.98.